The highest BCUT2D eigenvalue weighted by atomic mass is 16.5. The molecule has 6 nitrogen and oxygen atoms in total. The number of phenolic OH excluding ortho intramolecular Hbond substituents is 1. The van der Waals surface area contributed by atoms with Gasteiger partial charge in [0.15, 0.2) is 11.5 Å². The Bertz CT molecular complexity index is 846. The van der Waals surface area contributed by atoms with Gasteiger partial charge in [0, 0.05) is 13.1 Å². The highest BCUT2D eigenvalue weighted by Gasteiger charge is 2.21. The molecule has 0 radical (unpaired) electrons. The summed E-state index contributed by atoms with van der Waals surface area (Å²) in [5.41, 5.74) is 8.44. The van der Waals surface area contributed by atoms with E-state index in [0.29, 0.717) is 18.9 Å². The molecule has 0 unspecified atom stereocenters. The molecule has 0 saturated carbocycles. The number of hydrazone groups is 1. The minimum absolute atomic E-state index is 0.0807. The molecule has 0 aliphatic carbocycles. The number of amides is 1. The second-order valence-electron chi connectivity index (χ2n) is 6.80. The van der Waals surface area contributed by atoms with E-state index < -0.39 is 0 Å². The predicted molar refractivity (Wildman–Crippen MR) is 105 cm³/mol. The van der Waals surface area contributed by atoms with E-state index in [0.717, 1.165) is 18.7 Å². The fraction of sp³-hybridized carbons (Fsp3) is 0.333. The quantitative estimate of drug-likeness (QED) is 0.608. The van der Waals surface area contributed by atoms with Crippen LogP contribution in [-0.4, -0.2) is 35.3 Å². The van der Waals surface area contributed by atoms with E-state index in [4.69, 9.17) is 4.74 Å². The van der Waals surface area contributed by atoms with Crippen LogP contribution in [0.4, 0.5) is 0 Å². The molecule has 0 fully saturated rings. The van der Waals surface area contributed by atoms with Crippen molar-refractivity contribution < 1.29 is 14.6 Å². The molecule has 1 aliphatic rings. The maximum atomic E-state index is 12.2. The fourth-order valence-corrected chi connectivity index (χ4v) is 3.18. The molecule has 0 atom stereocenters. The predicted octanol–water partition coefficient (Wildman–Crippen LogP) is 2.87. The normalized spacial score (nSPS) is 13.7. The molecule has 0 bridgehead atoms. The number of fused-ring (bicyclic) bond motifs is 1. The van der Waals surface area contributed by atoms with Crippen LogP contribution in [0.15, 0.2) is 35.4 Å². The van der Waals surface area contributed by atoms with Crippen molar-refractivity contribution in [2.24, 2.45) is 5.10 Å². The molecular formula is C21H25N3O3. The standard InChI is InChI=1S/C21H25N3O3/c1-4-27-20-9-16(5-6-19(20)25)10-22-23-21(26)13-24-11-17-7-14(2)15(3)8-18(17)12-24/h5-10,25H,4,11-13H2,1-3H3,(H,23,26)/b22-10-. The van der Waals surface area contributed by atoms with Crippen LogP contribution in [0.25, 0.3) is 0 Å². The van der Waals surface area contributed by atoms with Gasteiger partial charge < -0.3 is 9.84 Å². The molecule has 3 rings (SSSR count). The van der Waals surface area contributed by atoms with Crippen molar-refractivity contribution in [3.8, 4) is 11.5 Å². The molecular weight excluding hydrogens is 342 g/mol. The highest BCUT2D eigenvalue weighted by Crippen LogP contribution is 2.26. The van der Waals surface area contributed by atoms with Gasteiger partial charge in [-0.15, -0.1) is 0 Å². The third kappa shape index (κ3) is 4.65. The summed E-state index contributed by atoms with van der Waals surface area (Å²) in [6.45, 7) is 8.39. The molecule has 2 aromatic carbocycles. The summed E-state index contributed by atoms with van der Waals surface area (Å²) in [7, 11) is 0. The Balaban J connectivity index is 1.53. The molecule has 27 heavy (non-hydrogen) atoms. The van der Waals surface area contributed by atoms with Crippen molar-refractivity contribution in [2.75, 3.05) is 13.2 Å². The summed E-state index contributed by atoms with van der Waals surface area (Å²) >= 11 is 0. The number of hydrogen-bond acceptors (Lipinski definition) is 5. The van der Waals surface area contributed by atoms with E-state index in [-0.39, 0.29) is 11.7 Å². The number of hydrogen-bond donors (Lipinski definition) is 2. The average molecular weight is 367 g/mol. The summed E-state index contributed by atoms with van der Waals surface area (Å²) < 4.78 is 5.34. The SMILES string of the molecule is CCOc1cc(/C=N\NC(=O)CN2Cc3cc(C)c(C)cc3C2)ccc1O. The van der Waals surface area contributed by atoms with Crippen LogP contribution in [0.3, 0.4) is 0 Å². The summed E-state index contributed by atoms with van der Waals surface area (Å²) in [6.07, 6.45) is 1.53. The number of benzene rings is 2. The van der Waals surface area contributed by atoms with Gasteiger partial charge in [0.1, 0.15) is 0 Å². The molecule has 0 aromatic heterocycles. The Morgan fingerprint density at radius 1 is 1.22 bits per heavy atom. The zero-order valence-electron chi connectivity index (χ0n) is 16.0. The van der Waals surface area contributed by atoms with Crippen LogP contribution >= 0.6 is 0 Å². The number of ether oxygens (including phenoxy) is 1. The van der Waals surface area contributed by atoms with Crippen molar-refractivity contribution in [3.05, 3.63) is 58.1 Å². The van der Waals surface area contributed by atoms with Gasteiger partial charge in [-0.3, -0.25) is 9.69 Å². The van der Waals surface area contributed by atoms with Crippen LogP contribution in [0.5, 0.6) is 11.5 Å². The van der Waals surface area contributed by atoms with E-state index in [1.807, 2.05) is 6.92 Å². The summed E-state index contributed by atoms with van der Waals surface area (Å²) in [4.78, 5) is 14.3. The van der Waals surface area contributed by atoms with Gasteiger partial charge >= 0.3 is 0 Å². The lowest BCUT2D eigenvalue weighted by molar-refractivity contribution is -0.122. The van der Waals surface area contributed by atoms with E-state index >= 15 is 0 Å². The first-order valence-electron chi connectivity index (χ1n) is 9.05. The van der Waals surface area contributed by atoms with Crippen LogP contribution in [-0.2, 0) is 17.9 Å². The minimum atomic E-state index is -0.156. The third-order valence-electron chi connectivity index (χ3n) is 4.66. The van der Waals surface area contributed by atoms with E-state index in [1.54, 1.807) is 18.2 Å². The largest absolute Gasteiger partial charge is 0.504 e. The second-order valence-corrected chi connectivity index (χ2v) is 6.80. The molecule has 2 N–H and O–H groups in total. The Labute approximate surface area is 159 Å². The topological polar surface area (TPSA) is 74.2 Å². The van der Waals surface area contributed by atoms with Gasteiger partial charge in [0.25, 0.3) is 5.91 Å². The number of carbonyl (C=O) groups excluding carboxylic acids is 1. The van der Waals surface area contributed by atoms with Crippen molar-refractivity contribution in [1.82, 2.24) is 10.3 Å². The number of nitrogens with zero attached hydrogens (tertiary/aromatic N) is 2. The third-order valence-corrected chi connectivity index (χ3v) is 4.66. The number of phenols is 1. The number of aromatic hydroxyl groups is 1. The zero-order chi connectivity index (χ0) is 19.4. The molecule has 6 heteroatoms. The molecule has 0 spiro atoms. The lowest BCUT2D eigenvalue weighted by atomic mass is 10.0. The molecule has 0 saturated heterocycles. The van der Waals surface area contributed by atoms with Crippen LogP contribution < -0.4 is 10.2 Å². The maximum absolute atomic E-state index is 12.2. The lowest BCUT2D eigenvalue weighted by Gasteiger charge is -2.12. The number of carbonyl (C=O) groups is 1. The first-order valence-corrected chi connectivity index (χ1v) is 9.05. The second kappa shape index (κ2) is 8.22. The van der Waals surface area contributed by atoms with Gasteiger partial charge in [0.2, 0.25) is 0 Å². The van der Waals surface area contributed by atoms with Crippen LogP contribution in [0.1, 0.15) is 34.7 Å². The molecule has 2 aromatic rings. The monoisotopic (exact) mass is 367 g/mol. The Morgan fingerprint density at radius 3 is 2.52 bits per heavy atom. The summed E-state index contributed by atoms with van der Waals surface area (Å²) in [5, 5.41) is 13.7. The Hall–Kier alpha value is -2.86. The fourth-order valence-electron chi connectivity index (χ4n) is 3.18. The van der Waals surface area contributed by atoms with Crippen molar-refractivity contribution in [1.29, 1.82) is 0 Å². The zero-order valence-corrected chi connectivity index (χ0v) is 16.0. The maximum Gasteiger partial charge on any atom is 0.254 e. The van der Waals surface area contributed by atoms with Gasteiger partial charge in [-0.2, -0.15) is 5.10 Å². The molecule has 1 aliphatic heterocycles. The highest BCUT2D eigenvalue weighted by molar-refractivity contribution is 5.83. The van der Waals surface area contributed by atoms with Gasteiger partial charge in [-0.05, 0) is 66.8 Å². The van der Waals surface area contributed by atoms with Crippen LogP contribution in [0, 0.1) is 13.8 Å². The van der Waals surface area contributed by atoms with Gasteiger partial charge in [-0.1, -0.05) is 12.1 Å². The minimum Gasteiger partial charge on any atom is -0.504 e. The van der Waals surface area contributed by atoms with Crippen molar-refractivity contribution in [2.45, 2.75) is 33.9 Å². The Kier molecular flexibility index (Phi) is 5.76. The number of aryl methyl sites for hydroxylation is 2. The number of nitrogens with one attached hydrogen (secondary N) is 1. The first kappa shape index (κ1) is 18.9. The Morgan fingerprint density at radius 2 is 1.89 bits per heavy atom. The molecule has 142 valence electrons. The first-order chi connectivity index (χ1) is 13.0. The van der Waals surface area contributed by atoms with E-state index in [2.05, 4.69) is 41.4 Å². The van der Waals surface area contributed by atoms with E-state index in [9.17, 15) is 9.90 Å². The van der Waals surface area contributed by atoms with Crippen molar-refractivity contribution >= 4 is 12.1 Å². The van der Waals surface area contributed by atoms with E-state index in [1.165, 1.54) is 28.5 Å². The summed E-state index contributed by atoms with van der Waals surface area (Å²) in [6, 6.07) is 9.34. The average Bonchev–Trinajstić information content (AvgIpc) is 2.99. The van der Waals surface area contributed by atoms with Gasteiger partial charge in [-0.25, -0.2) is 5.43 Å². The van der Waals surface area contributed by atoms with Gasteiger partial charge in [0.05, 0.1) is 19.4 Å². The molecule has 1 heterocycles. The number of rotatable bonds is 6. The van der Waals surface area contributed by atoms with Crippen LogP contribution in [0.2, 0.25) is 0 Å². The lowest BCUT2D eigenvalue weighted by Crippen LogP contribution is -2.32. The van der Waals surface area contributed by atoms with Crippen molar-refractivity contribution in [3.63, 3.8) is 0 Å². The summed E-state index contributed by atoms with van der Waals surface area (Å²) in [5.74, 6) is 0.321. The smallest absolute Gasteiger partial charge is 0.254 e. The molecule has 1 amide bonds.